The van der Waals surface area contributed by atoms with Crippen LogP contribution in [0.2, 0.25) is 0 Å². The lowest BCUT2D eigenvalue weighted by Gasteiger charge is -2.08. The summed E-state index contributed by atoms with van der Waals surface area (Å²) in [4.78, 5) is 2.13. The standard InChI is InChI=1S/C14H17NO3S2/c1-3-11-5-6-12(19-11)9-20(16,17)14-8-10(18-2)4-7-13(14)15/h4-8H,3,9,15H2,1-2H3. The van der Waals surface area contributed by atoms with Gasteiger partial charge in [0, 0.05) is 15.8 Å². The van der Waals surface area contributed by atoms with Crippen LogP contribution in [0, 0.1) is 0 Å². The van der Waals surface area contributed by atoms with E-state index in [1.54, 1.807) is 12.1 Å². The molecule has 0 unspecified atom stereocenters. The third-order valence-electron chi connectivity index (χ3n) is 2.95. The zero-order valence-electron chi connectivity index (χ0n) is 11.4. The molecule has 108 valence electrons. The number of benzene rings is 1. The Hall–Kier alpha value is -1.53. The van der Waals surface area contributed by atoms with Gasteiger partial charge < -0.3 is 10.5 Å². The smallest absolute Gasteiger partial charge is 0.185 e. The number of aryl methyl sites for hydroxylation is 1. The second-order valence-corrected chi connectivity index (χ2v) is 7.60. The third-order valence-corrected chi connectivity index (χ3v) is 6.08. The lowest BCUT2D eigenvalue weighted by atomic mass is 10.3. The van der Waals surface area contributed by atoms with Crippen molar-refractivity contribution in [1.82, 2.24) is 0 Å². The van der Waals surface area contributed by atoms with Crippen LogP contribution in [-0.4, -0.2) is 15.5 Å². The van der Waals surface area contributed by atoms with E-state index >= 15 is 0 Å². The van der Waals surface area contributed by atoms with Crippen LogP contribution in [-0.2, 0) is 22.0 Å². The Morgan fingerprint density at radius 1 is 1.20 bits per heavy atom. The van der Waals surface area contributed by atoms with Crippen LogP contribution in [0.25, 0.3) is 0 Å². The van der Waals surface area contributed by atoms with Crippen LogP contribution in [0.1, 0.15) is 16.7 Å². The van der Waals surface area contributed by atoms with Gasteiger partial charge in [0.2, 0.25) is 0 Å². The van der Waals surface area contributed by atoms with Gasteiger partial charge in [0.05, 0.1) is 23.4 Å². The molecule has 4 nitrogen and oxygen atoms in total. The van der Waals surface area contributed by atoms with E-state index in [-0.39, 0.29) is 16.3 Å². The van der Waals surface area contributed by atoms with Gasteiger partial charge in [0.15, 0.2) is 9.84 Å². The number of nitrogen functional groups attached to an aromatic ring is 1. The van der Waals surface area contributed by atoms with Gasteiger partial charge in [-0.25, -0.2) is 8.42 Å². The second-order valence-electron chi connectivity index (χ2n) is 4.38. The van der Waals surface area contributed by atoms with Gasteiger partial charge in [-0.2, -0.15) is 0 Å². The van der Waals surface area contributed by atoms with E-state index in [9.17, 15) is 8.42 Å². The summed E-state index contributed by atoms with van der Waals surface area (Å²) in [7, 11) is -1.97. The second kappa shape index (κ2) is 5.85. The van der Waals surface area contributed by atoms with Gasteiger partial charge >= 0.3 is 0 Å². The van der Waals surface area contributed by atoms with Crippen LogP contribution < -0.4 is 10.5 Å². The highest BCUT2D eigenvalue weighted by molar-refractivity contribution is 7.91. The molecule has 0 bridgehead atoms. The quantitative estimate of drug-likeness (QED) is 0.862. The number of methoxy groups -OCH3 is 1. The minimum Gasteiger partial charge on any atom is -0.497 e. The fourth-order valence-electron chi connectivity index (χ4n) is 1.87. The van der Waals surface area contributed by atoms with Crippen LogP contribution in [0.3, 0.4) is 0 Å². The maximum Gasteiger partial charge on any atom is 0.185 e. The topological polar surface area (TPSA) is 69.4 Å². The van der Waals surface area contributed by atoms with E-state index in [2.05, 4.69) is 0 Å². The molecule has 0 amide bonds. The molecule has 2 rings (SSSR count). The molecule has 1 aromatic carbocycles. The summed E-state index contributed by atoms with van der Waals surface area (Å²) < 4.78 is 30.0. The Labute approximate surface area is 123 Å². The van der Waals surface area contributed by atoms with E-state index < -0.39 is 9.84 Å². The molecule has 6 heteroatoms. The molecule has 0 fully saturated rings. The first kappa shape index (κ1) is 14.9. The van der Waals surface area contributed by atoms with Crippen molar-refractivity contribution in [2.75, 3.05) is 12.8 Å². The van der Waals surface area contributed by atoms with Crippen molar-refractivity contribution in [2.24, 2.45) is 0 Å². The average molecular weight is 311 g/mol. The van der Waals surface area contributed by atoms with Crippen molar-refractivity contribution >= 4 is 26.9 Å². The van der Waals surface area contributed by atoms with Crippen LogP contribution in [0.5, 0.6) is 5.75 Å². The van der Waals surface area contributed by atoms with Crippen molar-refractivity contribution in [3.8, 4) is 5.75 Å². The van der Waals surface area contributed by atoms with Crippen molar-refractivity contribution in [2.45, 2.75) is 24.0 Å². The van der Waals surface area contributed by atoms with Gasteiger partial charge in [0.25, 0.3) is 0 Å². The minimum atomic E-state index is -3.47. The molecule has 2 N–H and O–H groups in total. The van der Waals surface area contributed by atoms with Crippen molar-refractivity contribution in [3.63, 3.8) is 0 Å². The molecule has 20 heavy (non-hydrogen) atoms. The molecule has 0 radical (unpaired) electrons. The SMILES string of the molecule is CCc1ccc(CS(=O)(=O)c2cc(OC)ccc2N)s1. The van der Waals surface area contributed by atoms with Crippen LogP contribution in [0.4, 0.5) is 5.69 Å². The molecule has 1 heterocycles. The highest BCUT2D eigenvalue weighted by Crippen LogP contribution is 2.28. The number of sulfone groups is 1. The van der Waals surface area contributed by atoms with Gasteiger partial charge in [-0.1, -0.05) is 6.92 Å². The summed E-state index contributed by atoms with van der Waals surface area (Å²) in [5.74, 6) is 0.452. The number of hydrogen-bond donors (Lipinski definition) is 1. The number of ether oxygens (including phenoxy) is 1. The summed E-state index contributed by atoms with van der Waals surface area (Å²) in [5, 5.41) is 0. The number of rotatable bonds is 5. The van der Waals surface area contributed by atoms with Gasteiger partial charge in [-0.3, -0.25) is 0 Å². The molecule has 0 aliphatic rings. The van der Waals surface area contributed by atoms with Crippen LogP contribution >= 0.6 is 11.3 Å². The summed E-state index contributed by atoms with van der Waals surface area (Å²) in [6.07, 6.45) is 0.909. The molecule has 0 atom stereocenters. The Bertz CT molecular complexity index is 705. The fourth-order valence-corrected chi connectivity index (χ4v) is 4.67. The lowest BCUT2D eigenvalue weighted by molar-refractivity contribution is 0.413. The van der Waals surface area contributed by atoms with E-state index in [4.69, 9.17) is 10.5 Å². The van der Waals surface area contributed by atoms with Gasteiger partial charge in [-0.15, -0.1) is 11.3 Å². The molecule has 0 saturated heterocycles. The Kier molecular flexibility index (Phi) is 4.35. The summed E-state index contributed by atoms with van der Waals surface area (Å²) in [6.45, 7) is 2.05. The van der Waals surface area contributed by atoms with E-state index in [1.807, 2.05) is 19.1 Å². The van der Waals surface area contributed by atoms with Gasteiger partial charge in [0.1, 0.15) is 5.75 Å². The molecule has 0 spiro atoms. The summed E-state index contributed by atoms with van der Waals surface area (Å²) in [5.41, 5.74) is 6.03. The zero-order chi connectivity index (χ0) is 14.8. The first-order chi connectivity index (χ1) is 9.46. The number of thiophene rings is 1. The number of hydrogen-bond acceptors (Lipinski definition) is 5. The Morgan fingerprint density at radius 2 is 1.90 bits per heavy atom. The molecular weight excluding hydrogens is 294 g/mol. The first-order valence-corrected chi connectivity index (χ1v) is 8.67. The van der Waals surface area contributed by atoms with Crippen LogP contribution in [0.15, 0.2) is 35.2 Å². The highest BCUT2D eigenvalue weighted by atomic mass is 32.2. The molecule has 1 aromatic heterocycles. The predicted octanol–water partition coefficient (Wildman–Crippen LogP) is 2.88. The van der Waals surface area contributed by atoms with Gasteiger partial charge in [-0.05, 0) is 30.7 Å². The number of anilines is 1. The Balaban J connectivity index is 2.34. The zero-order valence-corrected chi connectivity index (χ0v) is 13.1. The maximum absolute atomic E-state index is 12.5. The molecule has 0 aliphatic heterocycles. The summed E-state index contributed by atoms with van der Waals surface area (Å²) >= 11 is 1.52. The molecule has 2 aromatic rings. The maximum atomic E-state index is 12.5. The largest absolute Gasteiger partial charge is 0.497 e. The van der Waals surface area contributed by atoms with E-state index in [0.717, 1.165) is 11.3 Å². The van der Waals surface area contributed by atoms with E-state index in [0.29, 0.717) is 5.75 Å². The molecular formula is C14H17NO3S2. The predicted molar refractivity (Wildman–Crippen MR) is 82.0 cm³/mol. The van der Waals surface area contributed by atoms with Crippen molar-refractivity contribution < 1.29 is 13.2 Å². The summed E-state index contributed by atoms with van der Waals surface area (Å²) in [6, 6.07) is 8.49. The Morgan fingerprint density at radius 3 is 2.50 bits per heavy atom. The minimum absolute atomic E-state index is 0.0327. The monoisotopic (exact) mass is 311 g/mol. The lowest BCUT2D eigenvalue weighted by Crippen LogP contribution is -2.07. The average Bonchev–Trinajstić information content (AvgIpc) is 2.86. The van der Waals surface area contributed by atoms with E-state index in [1.165, 1.54) is 29.4 Å². The third kappa shape index (κ3) is 3.13. The molecule has 0 saturated carbocycles. The number of nitrogens with two attached hydrogens (primary N) is 1. The molecule has 0 aliphatic carbocycles. The fraction of sp³-hybridized carbons (Fsp3) is 0.286. The van der Waals surface area contributed by atoms with Crippen molar-refractivity contribution in [1.29, 1.82) is 0 Å². The normalized spacial score (nSPS) is 11.5. The first-order valence-electron chi connectivity index (χ1n) is 6.20. The van der Waals surface area contributed by atoms with Crippen molar-refractivity contribution in [3.05, 3.63) is 40.1 Å². The highest BCUT2D eigenvalue weighted by Gasteiger charge is 2.20.